The number of amides is 1. The van der Waals surface area contributed by atoms with Gasteiger partial charge in [0.25, 0.3) is 0 Å². The molecular formula is C16H18N2O5S2. The number of aliphatic carboxylic acids is 1. The molecule has 9 heteroatoms. The lowest BCUT2D eigenvalue weighted by molar-refractivity contribution is -0.163. The summed E-state index contributed by atoms with van der Waals surface area (Å²) in [5.74, 6) is -2.23. The van der Waals surface area contributed by atoms with Crippen molar-refractivity contribution in [2.24, 2.45) is 11.8 Å². The summed E-state index contributed by atoms with van der Waals surface area (Å²) >= 11 is 2.58. The van der Waals surface area contributed by atoms with Crippen LogP contribution in [0.15, 0.2) is 21.5 Å². The predicted octanol–water partition coefficient (Wildman–Crippen LogP) is 1.49. The quantitative estimate of drug-likeness (QED) is 0.639. The molecule has 25 heavy (non-hydrogen) atoms. The highest BCUT2D eigenvalue weighted by Gasteiger charge is 2.59. The zero-order valence-electron chi connectivity index (χ0n) is 13.6. The van der Waals surface area contributed by atoms with Gasteiger partial charge in [-0.2, -0.15) is 0 Å². The van der Waals surface area contributed by atoms with Crippen LogP contribution in [0.2, 0.25) is 0 Å². The van der Waals surface area contributed by atoms with Crippen molar-refractivity contribution in [3.05, 3.63) is 32.1 Å². The van der Waals surface area contributed by atoms with Crippen molar-refractivity contribution >= 4 is 41.1 Å². The summed E-state index contributed by atoms with van der Waals surface area (Å²) in [4.78, 5) is 30.7. The lowest BCUT2D eigenvalue weighted by Crippen LogP contribution is -2.63. The second-order valence-electron chi connectivity index (χ2n) is 6.01. The van der Waals surface area contributed by atoms with Crippen LogP contribution in [0.4, 0.5) is 0 Å². The fraction of sp³-hybridized carbons (Fsp3) is 0.438. The smallest absolute Gasteiger partial charge is 0.353 e. The number of thiazole rings is 1. The number of aromatic nitrogens is 1. The first-order valence-corrected chi connectivity index (χ1v) is 9.49. The summed E-state index contributed by atoms with van der Waals surface area (Å²) in [5, 5.41) is 30.3. The van der Waals surface area contributed by atoms with E-state index in [1.54, 1.807) is 23.9 Å². The van der Waals surface area contributed by atoms with E-state index < -0.39 is 18.0 Å². The average molecular weight is 382 g/mol. The maximum Gasteiger partial charge on any atom is 0.353 e. The lowest BCUT2D eigenvalue weighted by atomic mass is 9.79. The highest BCUT2D eigenvalue weighted by molar-refractivity contribution is 8.06. The first kappa shape index (κ1) is 18.1. The molecule has 0 spiro atoms. The molecule has 0 unspecified atom stereocenters. The van der Waals surface area contributed by atoms with Crippen LogP contribution in [0.25, 0.3) is 6.08 Å². The van der Waals surface area contributed by atoms with E-state index in [2.05, 4.69) is 4.98 Å². The number of carbonyl (C=O) groups is 2. The molecule has 3 rings (SSSR count). The van der Waals surface area contributed by atoms with Crippen LogP contribution < -0.4 is 0 Å². The molecule has 0 bridgehead atoms. The molecule has 0 aliphatic carbocycles. The molecule has 0 saturated carbocycles. The van der Waals surface area contributed by atoms with Crippen molar-refractivity contribution in [3.63, 3.8) is 0 Å². The number of carboxylic acids is 1. The normalized spacial score (nSPS) is 27.0. The van der Waals surface area contributed by atoms with Gasteiger partial charge in [-0.1, -0.05) is 18.7 Å². The average Bonchev–Trinajstić information content (AvgIpc) is 3.09. The molecule has 3 N–H and O–H groups in total. The van der Waals surface area contributed by atoms with Gasteiger partial charge in [0.2, 0.25) is 5.91 Å². The molecule has 2 aliphatic heterocycles. The highest BCUT2D eigenvalue weighted by atomic mass is 32.2. The summed E-state index contributed by atoms with van der Waals surface area (Å²) in [5.41, 5.74) is 2.27. The van der Waals surface area contributed by atoms with Gasteiger partial charge in [0.1, 0.15) is 5.70 Å². The van der Waals surface area contributed by atoms with Crippen molar-refractivity contribution in [3.8, 4) is 0 Å². The Morgan fingerprint density at radius 2 is 2.28 bits per heavy atom. The second kappa shape index (κ2) is 6.91. The number of carboxylic acid groups (broad SMARTS) is 1. The van der Waals surface area contributed by atoms with Crippen molar-refractivity contribution < 1.29 is 24.9 Å². The topological polar surface area (TPSA) is 111 Å². The molecule has 1 saturated heterocycles. The number of carbonyl (C=O) groups excluding carboxylic acids is 1. The number of aliphatic hydroxyl groups is 2. The van der Waals surface area contributed by atoms with Crippen LogP contribution in [-0.2, 0) is 16.2 Å². The van der Waals surface area contributed by atoms with Crippen molar-refractivity contribution in [1.29, 1.82) is 0 Å². The largest absolute Gasteiger partial charge is 0.477 e. The van der Waals surface area contributed by atoms with E-state index in [1.807, 2.05) is 6.92 Å². The Balaban J connectivity index is 1.84. The molecule has 1 aromatic rings. The van der Waals surface area contributed by atoms with Crippen LogP contribution in [0.3, 0.4) is 0 Å². The second-order valence-corrected chi connectivity index (χ2v) is 7.90. The maximum absolute atomic E-state index is 12.2. The van der Waals surface area contributed by atoms with E-state index in [0.717, 1.165) is 4.88 Å². The number of hydrogen-bond acceptors (Lipinski definition) is 7. The number of β-lactam (4-membered cyclic amide) rings is 1. The minimum Gasteiger partial charge on any atom is -0.477 e. The first-order chi connectivity index (χ1) is 11.9. The van der Waals surface area contributed by atoms with Crippen LogP contribution >= 0.6 is 23.1 Å². The van der Waals surface area contributed by atoms with E-state index >= 15 is 0 Å². The number of rotatable bonds is 6. The van der Waals surface area contributed by atoms with Gasteiger partial charge in [0.05, 0.1) is 40.8 Å². The molecule has 4 atom stereocenters. The van der Waals surface area contributed by atoms with Gasteiger partial charge >= 0.3 is 5.97 Å². The Bertz CT molecular complexity index is 770. The molecule has 1 aromatic heterocycles. The van der Waals surface area contributed by atoms with E-state index in [0.29, 0.717) is 10.6 Å². The van der Waals surface area contributed by atoms with E-state index in [-0.39, 0.29) is 30.2 Å². The van der Waals surface area contributed by atoms with Gasteiger partial charge in [-0.25, -0.2) is 9.78 Å². The van der Waals surface area contributed by atoms with Gasteiger partial charge in [0.15, 0.2) is 0 Å². The number of nitrogens with zero attached hydrogens (tertiary/aromatic N) is 2. The van der Waals surface area contributed by atoms with E-state index in [1.165, 1.54) is 28.0 Å². The summed E-state index contributed by atoms with van der Waals surface area (Å²) < 4.78 is 0. The number of thioether (sulfide) groups is 1. The fourth-order valence-electron chi connectivity index (χ4n) is 3.38. The van der Waals surface area contributed by atoms with Crippen LogP contribution in [0.5, 0.6) is 0 Å². The summed E-state index contributed by atoms with van der Waals surface area (Å²) in [6.45, 7) is 3.32. The maximum atomic E-state index is 12.2. The number of hydrogen-bond donors (Lipinski definition) is 3. The van der Waals surface area contributed by atoms with Gasteiger partial charge in [0, 0.05) is 10.8 Å². The highest BCUT2D eigenvalue weighted by Crippen LogP contribution is 2.50. The van der Waals surface area contributed by atoms with Crippen LogP contribution in [0.1, 0.15) is 24.4 Å². The molecular weight excluding hydrogens is 364 g/mol. The molecule has 0 radical (unpaired) electrons. The van der Waals surface area contributed by atoms with Crippen LogP contribution in [0, 0.1) is 11.8 Å². The first-order valence-electron chi connectivity index (χ1n) is 7.73. The van der Waals surface area contributed by atoms with Crippen LogP contribution in [-0.4, -0.2) is 49.2 Å². The number of fused-ring (bicyclic) bond motifs is 1. The minimum atomic E-state index is -1.15. The molecule has 0 aromatic carbocycles. The Kier molecular flexibility index (Phi) is 5.01. The standard InChI is InChI=1S/C16H18N2O5S2/c1-7-12-11(8(2)20)15(21)18(12)13(16(22)23)14(7)24-4-3-9-10(5-19)25-6-17-9/h3-4,6-8,11-12,19-20H,5H2,1-2H3,(H,22,23)/b4-3-/t7-,8-,11-,12+/m1/s1. The van der Waals surface area contributed by atoms with Crippen molar-refractivity contribution in [1.82, 2.24) is 9.88 Å². The molecule has 2 aliphatic rings. The Hall–Kier alpha value is -1.68. The zero-order chi connectivity index (χ0) is 18.3. The Morgan fingerprint density at radius 1 is 1.56 bits per heavy atom. The molecule has 3 heterocycles. The molecule has 134 valence electrons. The Morgan fingerprint density at radius 3 is 2.88 bits per heavy atom. The van der Waals surface area contributed by atoms with E-state index in [4.69, 9.17) is 0 Å². The number of aliphatic hydroxyl groups excluding tert-OH is 2. The summed E-state index contributed by atoms with van der Waals surface area (Å²) in [6, 6.07) is -0.318. The fourth-order valence-corrected chi connectivity index (χ4v) is 4.99. The van der Waals surface area contributed by atoms with Crippen molar-refractivity contribution in [2.45, 2.75) is 32.6 Å². The van der Waals surface area contributed by atoms with E-state index in [9.17, 15) is 24.9 Å². The lowest BCUT2D eigenvalue weighted by Gasteiger charge is -2.46. The predicted molar refractivity (Wildman–Crippen MR) is 94.3 cm³/mol. The minimum absolute atomic E-state index is 0.00490. The summed E-state index contributed by atoms with van der Waals surface area (Å²) in [6.07, 6.45) is 0.906. The zero-order valence-corrected chi connectivity index (χ0v) is 15.3. The third kappa shape index (κ3) is 2.91. The third-order valence-corrected chi connectivity index (χ3v) is 6.47. The van der Waals surface area contributed by atoms with Gasteiger partial charge in [-0.15, -0.1) is 11.3 Å². The van der Waals surface area contributed by atoms with Gasteiger partial charge < -0.3 is 20.2 Å². The summed E-state index contributed by atoms with van der Waals surface area (Å²) in [7, 11) is 0. The van der Waals surface area contributed by atoms with Gasteiger partial charge in [-0.3, -0.25) is 4.79 Å². The van der Waals surface area contributed by atoms with Crippen molar-refractivity contribution in [2.75, 3.05) is 0 Å². The molecule has 7 nitrogen and oxygen atoms in total. The van der Waals surface area contributed by atoms with Gasteiger partial charge in [-0.05, 0) is 18.4 Å². The Labute approximate surface area is 152 Å². The monoisotopic (exact) mass is 382 g/mol. The SMILES string of the molecule is C[C@@H](O)[C@H]1C(=O)N2C(C(=O)O)=C(S/C=C\c3ncsc3CO)[C@H](C)[C@@H]12. The molecule has 1 fully saturated rings. The molecule has 1 amide bonds. The third-order valence-electron chi connectivity index (χ3n) is 4.55.